The van der Waals surface area contributed by atoms with E-state index in [1.54, 1.807) is 12.1 Å². The van der Waals surface area contributed by atoms with Crippen molar-refractivity contribution in [3.8, 4) is 0 Å². The molecule has 3 heteroatoms. The van der Waals surface area contributed by atoms with Gasteiger partial charge in [0.1, 0.15) is 0 Å². The van der Waals surface area contributed by atoms with Gasteiger partial charge in [-0.2, -0.15) is 0 Å². The molecule has 0 aromatic heterocycles. The number of hydrogen-bond donors (Lipinski definition) is 0. The molecule has 16 heavy (non-hydrogen) atoms. The molecule has 0 N–H and O–H groups in total. The minimum Gasteiger partial charge on any atom is -0.276 e. The Hall–Kier alpha value is -1.64. The Morgan fingerprint density at radius 1 is 1.31 bits per heavy atom. The Morgan fingerprint density at radius 3 is 2.62 bits per heavy atom. The number of hydrogen-bond acceptors (Lipinski definition) is 2. The Morgan fingerprint density at radius 2 is 2.00 bits per heavy atom. The Labute approximate surface area is 95.1 Å². The lowest BCUT2D eigenvalue weighted by molar-refractivity contribution is -0.132. The highest BCUT2D eigenvalue weighted by Gasteiger charge is 2.30. The first-order valence-corrected chi connectivity index (χ1v) is 5.61. The van der Waals surface area contributed by atoms with Crippen LogP contribution >= 0.6 is 0 Å². The molecular formula is C13H15NO2. The summed E-state index contributed by atoms with van der Waals surface area (Å²) < 4.78 is 0. The maximum atomic E-state index is 12.1. The summed E-state index contributed by atoms with van der Waals surface area (Å²) in [6, 6.07) is 9.00. The molecule has 1 aromatic carbocycles. The summed E-state index contributed by atoms with van der Waals surface area (Å²) in [5, 5.41) is 0. The van der Waals surface area contributed by atoms with E-state index in [0.717, 1.165) is 12.8 Å². The molecule has 0 spiro atoms. The van der Waals surface area contributed by atoms with Crippen LogP contribution in [0.2, 0.25) is 0 Å². The van der Waals surface area contributed by atoms with Gasteiger partial charge in [0, 0.05) is 18.0 Å². The summed E-state index contributed by atoms with van der Waals surface area (Å²) >= 11 is 0. The highest BCUT2D eigenvalue weighted by atomic mass is 16.2. The number of nitrogens with zero attached hydrogens (tertiary/aromatic N) is 1. The van der Waals surface area contributed by atoms with Gasteiger partial charge >= 0.3 is 0 Å². The van der Waals surface area contributed by atoms with Gasteiger partial charge in [-0.3, -0.25) is 14.5 Å². The second kappa shape index (κ2) is 4.47. The van der Waals surface area contributed by atoms with E-state index in [4.69, 9.17) is 0 Å². The van der Waals surface area contributed by atoms with E-state index >= 15 is 0 Å². The number of imide groups is 1. The van der Waals surface area contributed by atoms with E-state index < -0.39 is 0 Å². The molecule has 2 amide bonds. The van der Waals surface area contributed by atoms with Crippen molar-refractivity contribution < 1.29 is 9.59 Å². The average Bonchev–Trinajstić information content (AvgIpc) is 2.30. The molecule has 0 aliphatic carbocycles. The second-order valence-electron chi connectivity index (χ2n) is 4.18. The fourth-order valence-corrected chi connectivity index (χ4v) is 2.08. The van der Waals surface area contributed by atoms with Crippen LogP contribution in [0, 0.1) is 0 Å². The zero-order valence-electron chi connectivity index (χ0n) is 9.35. The minimum absolute atomic E-state index is 0.0222. The van der Waals surface area contributed by atoms with Gasteiger partial charge in [0.05, 0.1) is 0 Å². The Kier molecular flexibility index (Phi) is 3.04. The van der Waals surface area contributed by atoms with Crippen LogP contribution in [-0.2, 0) is 4.79 Å². The van der Waals surface area contributed by atoms with E-state index in [-0.39, 0.29) is 17.9 Å². The third-order valence-corrected chi connectivity index (χ3v) is 2.96. The molecule has 0 unspecified atom stereocenters. The molecular weight excluding hydrogens is 202 g/mol. The molecule has 0 bridgehead atoms. The number of likely N-dealkylation sites (tertiary alicyclic amines) is 1. The topological polar surface area (TPSA) is 37.4 Å². The van der Waals surface area contributed by atoms with Crippen LogP contribution in [-0.4, -0.2) is 22.8 Å². The molecule has 1 aromatic rings. The molecule has 1 aliphatic rings. The first kappa shape index (κ1) is 10.9. The lowest BCUT2D eigenvalue weighted by Gasteiger charge is -2.31. The molecule has 2 rings (SSSR count). The maximum Gasteiger partial charge on any atom is 0.260 e. The fourth-order valence-electron chi connectivity index (χ4n) is 2.08. The Balaban J connectivity index is 2.23. The van der Waals surface area contributed by atoms with Crippen molar-refractivity contribution in [3.05, 3.63) is 35.9 Å². The highest BCUT2D eigenvalue weighted by molar-refractivity contribution is 6.05. The summed E-state index contributed by atoms with van der Waals surface area (Å²) in [4.78, 5) is 25.3. The lowest BCUT2D eigenvalue weighted by Crippen LogP contribution is -2.45. The third-order valence-electron chi connectivity index (χ3n) is 2.96. The summed E-state index contributed by atoms with van der Waals surface area (Å²) in [7, 11) is 0. The molecule has 1 fully saturated rings. The SMILES string of the molecule is C[C@@H]1CCCC(=O)N1C(=O)c1ccccc1. The smallest absolute Gasteiger partial charge is 0.260 e. The van der Waals surface area contributed by atoms with Crippen LogP contribution in [0.15, 0.2) is 30.3 Å². The molecule has 3 nitrogen and oxygen atoms in total. The van der Waals surface area contributed by atoms with Crippen LogP contribution in [0.1, 0.15) is 36.5 Å². The van der Waals surface area contributed by atoms with Crippen molar-refractivity contribution in [3.63, 3.8) is 0 Å². The van der Waals surface area contributed by atoms with Gasteiger partial charge in [-0.05, 0) is 31.9 Å². The molecule has 1 heterocycles. The van der Waals surface area contributed by atoms with Crippen LogP contribution in [0.3, 0.4) is 0 Å². The zero-order chi connectivity index (χ0) is 11.5. The molecule has 0 radical (unpaired) electrons. The van der Waals surface area contributed by atoms with Crippen molar-refractivity contribution >= 4 is 11.8 Å². The van der Waals surface area contributed by atoms with Gasteiger partial charge in [0.15, 0.2) is 0 Å². The van der Waals surface area contributed by atoms with Crippen LogP contribution in [0.5, 0.6) is 0 Å². The predicted molar refractivity (Wildman–Crippen MR) is 60.9 cm³/mol. The quantitative estimate of drug-likeness (QED) is 0.676. The van der Waals surface area contributed by atoms with E-state index in [1.807, 2.05) is 25.1 Å². The van der Waals surface area contributed by atoms with Crippen LogP contribution in [0.4, 0.5) is 0 Å². The van der Waals surface area contributed by atoms with Gasteiger partial charge in [-0.15, -0.1) is 0 Å². The third kappa shape index (κ3) is 1.98. The van der Waals surface area contributed by atoms with Crippen molar-refractivity contribution in [1.82, 2.24) is 4.90 Å². The van der Waals surface area contributed by atoms with Crippen molar-refractivity contribution in [2.75, 3.05) is 0 Å². The number of piperidine rings is 1. The van der Waals surface area contributed by atoms with Crippen LogP contribution in [0.25, 0.3) is 0 Å². The Bertz CT molecular complexity index is 400. The van der Waals surface area contributed by atoms with E-state index in [9.17, 15) is 9.59 Å². The minimum atomic E-state index is -0.169. The second-order valence-corrected chi connectivity index (χ2v) is 4.18. The summed E-state index contributed by atoms with van der Waals surface area (Å²) in [5.41, 5.74) is 0.588. The normalized spacial score (nSPS) is 20.9. The van der Waals surface area contributed by atoms with Gasteiger partial charge in [-0.25, -0.2) is 0 Å². The average molecular weight is 217 g/mol. The van der Waals surface area contributed by atoms with E-state index in [1.165, 1.54) is 4.90 Å². The van der Waals surface area contributed by atoms with Gasteiger partial charge in [-0.1, -0.05) is 18.2 Å². The first-order valence-electron chi connectivity index (χ1n) is 5.61. The first-order chi connectivity index (χ1) is 7.70. The number of amides is 2. The van der Waals surface area contributed by atoms with Crippen molar-refractivity contribution in [2.45, 2.75) is 32.2 Å². The van der Waals surface area contributed by atoms with Gasteiger partial charge in [0.25, 0.3) is 5.91 Å². The lowest BCUT2D eigenvalue weighted by atomic mass is 10.0. The fraction of sp³-hybridized carbons (Fsp3) is 0.385. The van der Waals surface area contributed by atoms with Crippen LogP contribution < -0.4 is 0 Å². The van der Waals surface area contributed by atoms with E-state index in [2.05, 4.69) is 0 Å². The maximum absolute atomic E-state index is 12.1. The number of carbonyl (C=O) groups is 2. The van der Waals surface area contributed by atoms with Gasteiger partial charge < -0.3 is 0 Å². The standard InChI is InChI=1S/C13H15NO2/c1-10-6-5-9-12(15)14(10)13(16)11-7-3-2-4-8-11/h2-4,7-8,10H,5-6,9H2,1H3/t10-/m1/s1. The van der Waals surface area contributed by atoms with Crippen molar-refractivity contribution in [1.29, 1.82) is 0 Å². The molecule has 1 atom stereocenters. The summed E-state index contributed by atoms with van der Waals surface area (Å²) in [5.74, 6) is -0.217. The number of carbonyl (C=O) groups excluding carboxylic acids is 2. The monoisotopic (exact) mass is 217 g/mol. The highest BCUT2D eigenvalue weighted by Crippen LogP contribution is 2.20. The molecule has 1 saturated heterocycles. The zero-order valence-corrected chi connectivity index (χ0v) is 9.35. The largest absolute Gasteiger partial charge is 0.276 e. The van der Waals surface area contributed by atoms with Gasteiger partial charge in [0.2, 0.25) is 5.91 Å². The predicted octanol–water partition coefficient (Wildman–Crippen LogP) is 2.23. The number of rotatable bonds is 1. The van der Waals surface area contributed by atoms with E-state index in [0.29, 0.717) is 12.0 Å². The molecule has 84 valence electrons. The summed E-state index contributed by atoms with van der Waals surface area (Å²) in [6.07, 6.45) is 2.28. The van der Waals surface area contributed by atoms with Crippen molar-refractivity contribution in [2.24, 2.45) is 0 Å². The molecule has 0 saturated carbocycles. The number of benzene rings is 1. The summed E-state index contributed by atoms with van der Waals surface area (Å²) in [6.45, 7) is 1.93. The molecule has 1 aliphatic heterocycles.